The van der Waals surface area contributed by atoms with E-state index in [0.29, 0.717) is 10.7 Å². The number of amides is 1. The van der Waals surface area contributed by atoms with E-state index >= 15 is 0 Å². The van der Waals surface area contributed by atoms with Gasteiger partial charge in [0.15, 0.2) is 5.13 Å². The Morgan fingerprint density at radius 3 is 2.36 bits per heavy atom. The van der Waals surface area contributed by atoms with E-state index in [1.165, 1.54) is 30.4 Å². The molecule has 0 bridgehead atoms. The fourth-order valence-electron chi connectivity index (χ4n) is 3.37. The molecule has 33 heavy (non-hydrogen) atoms. The van der Waals surface area contributed by atoms with Crippen molar-refractivity contribution >= 4 is 39.4 Å². The lowest BCUT2D eigenvalue weighted by Gasteiger charge is -2.24. The maximum Gasteiger partial charge on any atom is 0.416 e. The van der Waals surface area contributed by atoms with Crippen LogP contribution in [0.4, 0.5) is 35.4 Å². The number of alkyl halides is 3. The summed E-state index contributed by atoms with van der Waals surface area (Å²) in [5.41, 5.74) is 2.13. The molecule has 0 aliphatic rings. The van der Waals surface area contributed by atoms with Crippen LogP contribution in [0.5, 0.6) is 0 Å². The number of halogens is 3. The number of thiazole rings is 1. The summed E-state index contributed by atoms with van der Waals surface area (Å²) in [5, 5.41) is 5.13. The third kappa shape index (κ3) is 4.88. The van der Waals surface area contributed by atoms with E-state index in [0.717, 1.165) is 23.0 Å². The Morgan fingerprint density at radius 2 is 1.70 bits per heavy atom. The predicted octanol–water partition coefficient (Wildman–Crippen LogP) is 6.90. The zero-order valence-electron chi connectivity index (χ0n) is 17.7. The molecule has 0 aliphatic heterocycles. The molecule has 168 valence electrons. The van der Waals surface area contributed by atoms with Crippen molar-refractivity contribution in [1.29, 1.82) is 0 Å². The van der Waals surface area contributed by atoms with E-state index in [1.54, 1.807) is 36.8 Å². The van der Waals surface area contributed by atoms with Crippen LogP contribution in [0.25, 0.3) is 0 Å². The number of aryl methyl sites for hydroxylation is 2. The normalized spacial score (nSPS) is 11.3. The topological polar surface area (TPSA) is 58.1 Å². The third-order valence-corrected chi connectivity index (χ3v) is 5.80. The maximum absolute atomic E-state index is 13.2. The number of benzene rings is 2. The average Bonchev–Trinajstić information content (AvgIpc) is 3.31. The van der Waals surface area contributed by atoms with Crippen LogP contribution in [-0.4, -0.2) is 15.9 Å². The molecule has 1 amide bonds. The van der Waals surface area contributed by atoms with Crippen molar-refractivity contribution in [3.05, 3.63) is 94.8 Å². The van der Waals surface area contributed by atoms with Gasteiger partial charge >= 0.3 is 6.18 Å². The van der Waals surface area contributed by atoms with Gasteiger partial charge in [0.25, 0.3) is 5.91 Å². The number of anilines is 4. The van der Waals surface area contributed by atoms with Gasteiger partial charge in [0.1, 0.15) is 0 Å². The van der Waals surface area contributed by atoms with Crippen LogP contribution in [0.3, 0.4) is 0 Å². The molecule has 0 atom stereocenters. The van der Waals surface area contributed by atoms with Gasteiger partial charge in [0, 0.05) is 35.2 Å². The number of carbonyl (C=O) groups is 1. The molecule has 0 fully saturated rings. The smallest absolute Gasteiger partial charge is 0.322 e. The second-order valence-electron chi connectivity index (χ2n) is 7.34. The van der Waals surface area contributed by atoms with E-state index in [1.807, 2.05) is 29.3 Å². The van der Waals surface area contributed by atoms with Crippen LogP contribution in [-0.2, 0) is 6.18 Å². The predicted molar refractivity (Wildman–Crippen MR) is 123 cm³/mol. The average molecular weight is 469 g/mol. The molecular formula is C24H19F3N4OS. The van der Waals surface area contributed by atoms with Crippen LogP contribution in [0.15, 0.2) is 72.5 Å². The Bertz CT molecular complexity index is 1270. The Kier molecular flexibility index (Phi) is 6.15. The molecule has 1 N–H and O–H groups in total. The van der Waals surface area contributed by atoms with E-state index in [4.69, 9.17) is 0 Å². The molecule has 0 radical (unpaired) electrons. The number of aromatic nitrogens is 2. The number of hydrogen-bond acceptors (Lipinski definition) is 5. The van der Waals surface area contributed by atoms with Crippen molar-refractivity contribution in [1.82, 2.24) is 9.97 Å². The lowest BCUT2D eigenvalue weighted by atomic mass is 10.1. The lowest BCUT2D eigenvalue weighted by molar-refractivity contribution is -0.138. The maximum atomic E-state index is 13.2. The van der Waals surface area contributed by atoms with Crippen molar-refractivity contribution in [2.75, 3.05) is 10.2 Å². The number of rotatable bonds is 5. The number of nitrogens with zero attached hydrogens (tertiary/aromatic N) is 3. The van der Waals surface area contributed by atoms with Crippen LogP contribution < -0.4 is 10.2 Å². The summed E-state index contributed by atoms with van der Waals surface area (Å²) in [6.45, 7) is 3.29. The SMILES string of the molecule is Cc1ccc(C(=O)Nc2ccc(C)c(C(F)(F)F)c2)cc1N(c1ccncc1)c1nccs1. The summed E-state index contributed by atoms with van der Waals surface area (Å²) in [6, 6.07) is 12.5. The second kappa shape index (κ2) is 9.03. The molecule has 0 unspecified atom stereocenters. The monoisotopic (exact) mass is 468 g/mol. The highest BCUT2D eigenvalue weighted by Gasteiger charge is 2.32. The minimum Gasteiger partial charge on any atom is -0.322 e. The van der Waals surface area contributed by atoms with E-state index < -0.39 is 17.6 Å². The second-order valence-corrected chi connectivity index (χ2v) is 8.21. The van der Waals surface area contributed by atoms with Crippen LogP contribution in [0.2, 0.25) is 0 Å². The van der Waals surface area contributed by atoms with Gasteiger partial charge < -0.3 is 5.32 Å². The summed E-state index contributed by atoms with van der Waals surface area (Å²) < 4.78 is 39.7. The Balaban J connectivity index is 1.69. The highest BCUT2D eigenvalue weighted by atomic mass is 32.1. The third-order valence-electron chi connectivity index (χ3n) is 5.04. The molecule has 4 aromatic rings. The molecule has 2 aromatic carbocycles. The van der Waals surface area contributed by atoms with Crippen molar-refractivity contribution in [3.63, 3.8) is 0 Å². The summed E-state index contributed by atoms with van der Waals surface area (Å²) in [5.74, 6) is -0.512. The Morgan fingerprint density at radius 1 is 0.970 bits per heavy atom. The summed E-state index contributed by atoms with van der Waals surface area (Å²) in [7, 11) is 0. The first-order chi connectivity index (χ1) is 15.7. The lowest BCUT2D eigenvalue weighted by Crippen LogP contribution is -2.16. The first-order valence-corrected chi connectivity index (χ1v) is 10.8. The highest BCUT2D eigenvalue weighted by Crippen LogP contribution is 2.38. The Labute approximate surface area is 192 Å². The summed E-state index contributed by atoms with van der Waals surface area (Å²) in [6.07, 6.45) is 0.519. The number of nitrogens with one attached hydrogen (secondary N) is 1. The van der Waals surface area contributed by atoms with Crippen molar-refractivity contribution < 1.29 is 18.0 Å². The zero-order chi connectivity index (χ0) is 23.6. The van der Waals surface area contributed by atoms with E-state index in [-0.39, 0.29) is 11.3 Å². The standard InChI is InChI=1S/C24H19F3N4OS/c1-15-4-6-18(14-20(15)24(25,26)27)30-22(32)17-5-3-16(2)21(13-17)31(23-29-11-12-33-23)19-7-9-28-10-8-19/h3-14H,1-2H3,(H,30,32). The van der Waals surface area contributed by atoms with Crippen LogP contribution in [0, 0.1) is 13.8 Å². The van der Waals surface area contributed by atoms with Crippen LogP contribution in [0.1, 0.15) is 27.0 Å². The van der Waals surface area contributed by atoms with Gasteiger partial charge in [-0.3, -0.25) is 14.7 Å². The largest absolute Gasteiger partial charge is 0.416 e. The fourth-order valence-corrected chi connectivity index (χ4v) is 4.05. The van der Waals surface area contributed by atoms with Gasteiger partial charge in [-0.05, 0) is 61.4 Å². The molecule has 4 rings (SSSR count). The molecule has 5 nitrogen and oxygen atoms in total. The number of hydrogen-bond donors (Lipinski definition) is 1. The van der Waals surface area contributed by atoms with Crippen molar-refractivity contribution in [2.45, 2.75) is 20.0 Å². The van der Waals surface area contributed by atoms with E-state index in [2.05, 4.69) is 15.3 Å². The quantitative estimate of drug-likeness (QED) is 0.346. The highest BCUT2D eigenvalue weighted by molar-refractivity contribution is 7.13. The van der Waals surface area contributed by atoms with Crippen molar-refractivity contribution in [2.24, 2.45) is 0 Å². The van der Waals surface area contributed by atoms with Crippen LogP contribution >= 0.6 is 11.3 Å². The Hall–Kier alpha value is -3.72. The fraction of sp³-hybridized carbons (Fsp3) is 0.125. The van der Waals surface area contributed by atoms with Crippen molar-refractivity contribution in [3.8, 4) is 0 Å². The number of pyridine rings is 1. The first-order valence-electron chi connectivity index (χ1n) is 9.93. The van der Waals surface area contributed by atoms with Gasteiger partial charge in [-0.2, -0.15) is 13.2 Å². The number of carbonyl (C=O) groups excluding carboxylic acids is 1. The molecule has 2 aromatic heterocycles. The first kappa shape index (κ1) is 22.5. The molecule has 0 aliphatic carbocycles. The van der Waals surface area contributed by atoms with Gasteiger partial charge in [-0.1, -0.05) is 12.1 Å². The molecule has 2 heterocycles. The molecular weight excluding hydrogens is 449 g/mol. The molecule has 0 spiro atoms. The van der Waals surface area contributed by atoms with Gasteiger partial charge in [-0.25, -0.2) is 4.98 Å². The van der Waals surface area contributed by atoms with Gasteiger partial charge in [-0.15, -0.1) is 11.3 Å². The summed E-state index contributed by atoms with van der Waals surface area (Å²) >= 11 is 1.44. The summed E-state index contributed by atoms with van der Waals surface area (Å²) in [4.78, 5) is 23.3. The zero-order valence-corrected chi connectivity index (χ0v) is 18.5. The minimum atomic E-state index is -4.50. The molecule has 9 heteroatoms. The van der Waals surface area contributed by atoms with E-state index in [9.17, 15) is 18.0 Å². The minimum absolute atomic E-state index is 0.0750. The molecule has 0 saturated carbocycles. The van der Waals surface area contributed by atoms with Gasteiger partial charge in [0.2, 0.25) is 0 Å². The van der Waals surface area contributed by atoms with Gasteiger partial charge in [0.05, 0.1) is 16.9 Å². The molecule has 0 saturated heterocycles.